The van der Waals surface area contributed by atoms with Gasteiger partial charge >= 0.3 is 0 Å². The van der Waals surface area contributed by atoms with Crippen molar-refractivity contribution in [2.45, 2.75) is 39.7 Å². The predicted octanol–water partition coefficient (Wildman–Crippen LogP) is 1.34. The maximum Gasteiger partial charge on any atom is 0.136 e. The fraction of sp³-hybridized carbons (Fsp3) is 0.875. The summed E-state index contributed by atoms with van der Waals surface area (Å²) in [5.74, 6) is 0. The molecule has 1 unspecified atom stereocenters. The summed E-state index contributed by atoms with van der Waals surface area (Å²) in [6, 6.07) is -0.265. The van der Waals surface area contributed by atoms with Crippen molar-refractivity contribution in [3.05, 3.63) is 0 Å². The smallest absolute Gasteiger partial charge is 0.136 e. The van der Waals surface area contributed by atoms with Crippen molar-refractivity contribution in [3.63, 3.8) is 0 Å². The lowest BCUT2D eigenvalue weighted by molar-refractivity contribution is -0.109. The van der Waals surface area contributed by atoms with Crippen molar-refractivity contribution in [1.82, 2.24) is 0 Å². The second-order valence-corrected chi connectivity index (χ2v) is 3.90. The highest BCUT2D eigenvalue weighted by Crippen LogP contribution is 2.20. The summed E-state index contributed by atoms with van der Waals surface area (Å²) in [5, 5.41) is 0. The molecule has 0 bridgehead atoms. The Balaban J connectivity index is 3.45. The van der Waals surface area contributed by atoms with Gasteiger partial charge in [-0.25, -0.2) is 0 Å². The van der Waals surface area contributed by atoms with E-state index in [9.17, 15) is 4.79 Å². The number of rotatable bonds is 3. The average molecular weight is 143 g/mol. The van der Waals surface area contributed by atoms with Crippen LogP contribution in [-0.2, 0) is 4.79 Å². The first-order chi connectivity index (χ1) is 4.45. The van der Waals surface area contributed by atoms with Gasteiger partial charge in [0, 0.05) is 0 Å². The zero-order valence-electron chi connectivity index (χ0n) is 7.05. The highest BCUT2D eigenvalue weighted by Gasteiger charge is 2.11. The van der Waals surface area contributed by atoms with E-state index in [1.807, 2.05) is 0 Å². The Hall–Kier alpha value is -0.370. The highest BCUT2D eigenvalue weighted by atomic mass is 16.1. The van der Waals surface area contributed by atoms with Gasteiger partial charge in [0.2, 0.25) is 0 Å². The van der Waals surface area contributed by atoms with Crippen molar-refractivity contribution in [2.24, 2.45) is 11.1 Å². The molecule has 10 heavy (non-hydrogen) atoms. The summed E-state index contributed by atoms with van der Waals surface area (Å²) in [5.41, 5.74) is 5.70. The first-order valence-corrected chi connectivity index (χ1v) is 3.66. The number of hydrogen-bond acceptors (Lipinski definition) is 2. The first kappa shape index (κ1) is 9.63. The Kier molecular flexibility index (Phi) is 3.58. The normalized spacial score (nSPS) is 14.8. The molecule has 0 aromatic carbocycles. The zero-order chi connectivity index (χ0) is 8.20. The molecule has 0 aromatic heterocycles. The summed E-state index contributed by atoms with van der Waals surface area (Å²) >= 11 is 0. The fourth-order valence-corrected chi connectivity index (χ4v) is 0.668. The van der Waals surface area contributed by atoms with E-state index in [2.05, 4.69) is 20.8 Å². The number of carbonyl (C=O) groups excluding carboxylic acids is 1. The molecular weight excluding hydrogens is 126 g/mol. The molecule has 0 aliphatic heterocycles. The van der Waals surface area contributed by atoms with Gasteiger partial charge in [-0.1, -0.05) is 20.8 Å². The van der Waals surface area contributed by atoms with E-state index in [1.54, 1.807) is 0 Å². The average Bonchev–Trinajstić information content (AvgIpc) is 1.81. The van der Waals surface area contributed by atoms with E-state index in [0.717, 1.165) is 19.1 Å². The third kappa shape index (κ3) is 5.76. The summed E-state index contributed by atoms with van der Waals surface area (Å²) in [6.07, 6.45) is 2.62. The van der Waals surface area contributed by atoms with E-state index < -0.39 is 0 Å². The van der Waals surface area contributed by atoms with Crippen LogP contribution in [0.1, 0.15) is 33.6 Å². The third-order valence-corrected chi connectivity index (χ3v) is 1.40. The van der Waals surface area contributed by atoms with Gasteiger partial charge in [0.25, 0.3) is 0 Å². The van der Waals surface area contributed by atoms with Gasteiger partial charge in [-0.15, -0.1) is 0 Å². The van der Waals surface area contributed by atoms with Crippen LogP contribution < -0.4 is 5.73 Å². The minimum absolute atomic E-state index is 0.265. The SMILES string of the molecule is CC(C)(C)CCC(N)C=O. The van der Waals surface area contributed by atoms with Crippen LogP contribution in [0.2, 0.25) is 0 Å². The van der Waals surface area contributed by atoms with E-state index in [4.69, 9.17) is 5.73 Å². The third-order valence-electron chi connectivity index (χ3n) is 1.40. The molecular formula is C8H17NO. The van der Waals surface area contributed by atoms with Gasteiger partial charge < -0.3 is 10.5 Å². The highest BCUT2D eigenvalue weighted by molar-refractivity contribution is 5.56. The predicted molar refractivity (Wildman–Crippen MR) is 42.7 cm³/mol. The summed E-state index contributed by atoms with van der Waals surface area (Å²) in [7, 11) is 0. The Morgan fingerprint density at radius 2 is 2.00 bits per heavy atom. The molecule has 2 N–H and O–H groups in total. The Morgan fingerprint density at radius 3 is 2.30 bits per heavy atom. The Morgan fingerprint density at radius 1 is 1.50 bits per heavy atom. The molecule has 0 spiro atoms. The minimum Gasteiger partial charge on any atom is -0.322 e. The molecule has 0 aromatic rings. The van der Waals surface area contributed by atoms with Crippen LogP contribution in [0.4, 0.5) is 0 Å². The van der Waals surface area contributed by atoms with E-state index in [-0.39, 0.29) is 6.04 Å². The molecule has 0 radical (unpaired) electrons. The van der Waals surface area contributed by atoms with Crippen LogP contribution >= 0.6 is 0 Å². The molecule has 60 valence electrons. The second kappa shape index (κ2) is 3.71. The van der Waals surface area contributed by atoms with Crippen molar-refractivity contribution in [1.29, 1.82) is 0 Å². The molecule has 1 atom stereocenters. The summed E-state index contributed by atoms with van der Waals surface area (Å²) in [4.78, 5) is 10.1. The van der Waals surface area contributed by atoms with Crippen LogP contribution in [0, 0.1) is 5.41 Å². The first-order valence-electron chi connectivity index (χ1n) is 3.66. The molecule has 0 rings (SSSR count). The van der Waals surface area contributed by atoms with E-state index >= 15 is 0 Å². The quantitative estimate of drug-likeness (QED) is 0.606. The lowest BCUT2D eigenvalue weighted by atomic mass is 9.89. The van der Waals surface area contributed by atoms with Crippen LogP contribution in [0.5, 0.6) is 0 Å². The minimum atomic E-state index is -0.265. The van der Waals surface area contributed by atoms with Crippen LogP contribution in [0.25, 0.3) is 0 Å². The topological polar surface area (TPSA) is 43.1 Å². The number of hydrogen-bond donors (Lipinski definition) is 1. The standard InChI is InChI=1S/C8H17NO/c1-8(2,3)5-4-7(9)6-10/h6-7H,4-5,9H2,1-3H3. The molecule has 0 aliphatic carbocycles. The molecule has 0 aliphatic rings. The van der Waals surface area contributed by atoms with E-state index in [0.29, 0.717) is 5.41 Å². The molecule has 0 saturated carbocycles. The monoisotopic (exact) mass is 143 g/mol. The molecule has 2 heteroatoms. The van der Waals surface area contributed by atoms with Crippen molar-refractivity contribution >= 4 is 6.29 Å². The molecule has 0 heterocycles. The molecule has 0 amide bonds. The van der Waals surface area contributed by atoms with Gasteiger partial charge in [0.1, 0.15) is 6.29 Å². The molecule has 0 saturated heterocycles. The van der Waals surface area contributed by atoms with Gasteiger partial charge in [0.05, 0.1) is 6.04 Å². The van der Waals surface area contributed by atoms with Crippen LogP contribution in [-0.4, -0.2) is 12.3 Å². The summed E-state index contributed by atoms with van der Waals surface area (Å²) < 4.78 is 0. The maximum atomic E-state index is 10.1. The van der Waals surface area contributed by atoms with Gasteiger partial charge in [-0.2, -0.15) is 0 Å². The lowest BCUT2D eigenvalue weighted by Crippen LogP contribution is -2.23. The van der Waals surface area contributed by atoms with Gasteiger partial charge in [-0.3, -0.25) is 0 Å². The number of nitrogens with two attached hydrogens (primary N) is 1. The Bertz CT molecular complexity index is 104. The van der Waals surface area contributed by atoms with E-state index in [1.165, 1.54) is 0 Å². The second-order valence-electron chi connectivity index (χ2n) is 3.90. The van der Waals surface area contributed by atoms with Crippen molar-refractivity contribution in [3.8, 4) is 0 Å². The Labute approximate surface area is 62.8 Å². The van der Waals surface area contributed by atoms with Crippen LogP contribution in [0.3, 0.4) is 0 Å². The molecule has 2 nitrogen and oxygen atoms in total. The maximum absolute atomic E-state index is 10.1. The van der Waals surface area contributed by atoms with Crippen molar-refractivity contribution in [2.75, 3.05) is 0 Å². The zero-order valence-corrected chi connectivity index (χ0v) is 7.05. The fourth-order valence-electron chi connectivity index (χ4n) is 0.668. The lowest BCUT2D eigenvalue weighted by Gasteiger charge is -2.18. The summed E-state index contributed by atoms with van der Waals surface area (Å²) in [6.45, 7) is 6.43. The van der Waals surface area contributed by atoms with Gasteiger partial charge in [-0.05, 0) is 18.3 Å². The van der Waals surface area contributed by atoms with Crippen LogP contribution in [0.15, 0.2) is 0 Å². The molecule has 0 fully saturated rings. The van der Waals surface area contributed by atoms with Crippen molar-refractivity contribution < 1.29 is 4.79 Å². The number of carbonyl (C=O) groups is 1. The van der Waals surface area contributed by atoms with Gasteiger partial charge in [0.15, 0.2) is 0 Å². The largest absolute Gasteiger partial charge is 0.322 e. The number of aldehydes is 1.